The Hall–Kier alpha value is -2.25. The number of ether oxygens (including phenoxy) is 2. The highest BCUT2D eigenvalue weighted by Gasteiger charge is 2.34. The van der Waals surface area contributed by atoms with Gasteiger partial charge < -0.3 is 9.47 Å². The molecule has 0 amide bonds. The van der Waals surface area contributed by atoms with Crippen LogP contribution in [0.3, 0.4) is 0 Å². The topological polar surface area (TPSA) is 35.5 Å². The van der Waals surface area contributed by atoms with Gasteiger partial charge in [0.25, 0.3) is 0 Å². The second-order valence-corrected chi connectivity index (χ2v) is 6.30. The zero-order chi connectivity index (χ0) is 19.4. The average molecular weight is 382 g/mol. The third kappa shape index (κ3) is 4.93. The van der Waals surface area contributed by atoms with Crippen LogP contribution in [0.2, 0.25) is 0 Å². The summed E-state index contributed by atoms with van der Waals surface area (Å²) in [5.41, 5.74) is -0.942. The second kappa shape index (κ2) is 8.19. The molecule has 1 unspecified atom stereocenters. The molecule has 0 spiro atoms. The predicted octanol–water partition coefficient (Wildman–Crippen LogP) is 5.24. The number of Topliss-reactive ketones (excluding diaryl/α,β-unsaturated/α-hetero) is 1. The molecule has 0 aromatic heterocycles. The number of hydrogen-bond acceptors (Lipinski definition) is 3. The van der Waals surface area contributed by atoms with Crippen molar-refractivity contribution in [2.24, 2.45) is 0 Å². The predicted molar refractivity (Wildman–Crippen MR) is 90.7 cm³/mol. The van der Waals surface area contributed by atoms with E-state index in [-0.39, 0.29) is 23.3 Å². The van der Waals surface area contributed by atoms with Gasteiger partial charge in [-0.1, -0.05) is 24.3 Å². The van der Waals surface area contributed by atoms with Crippen molar-refractivity contribution in [1.29, 1.82) is 0 Å². The Morgan fingerprint density at radius 1 is 1.11 bits per heavy atom. The number of rotatable bonds is 5. The Morgan fingerprint density at radius 3 is 2.48 bits per heavy atom. The fraction of sp³-hybridized carbons (Fsp3) is 0.350. The molecule has 0 N–H and O–H groups in total. The fourth-order valence-corrected chi connectivity index (χ4v) is 2.93. The molecule has 0 bridgehead atoms. The Labute approximate surface area is 153 Å². The number of benzene rings is 2. The molecule has 0 saturated carbocycles. The SMILES string of the molecule is O=C(COC1CCCCO1)c1ccc(-c2ccc(F)cc2)c(C(F)(F)F)c1. The molecule has 1 aliphatic rings. The van der Waals surface area contributed by atoms with Crippen molar-refractivity contribution < 1.29 is 31.8 Å². The minimum atomic E-state index is -4.66. The number of alkyl halides is 3. The summed E-state index contributed by atoms with van der Waals surface area (Å²) in [7, 11) is 0. The summed E-state index contributed by atoms with van der Waals surface area (Å²) in [5, 5.41) is 0. The zero-order valence-electron chi connectivity index (χ0n) is 14.4. The number of halogens is 4. The first-order chi connectivity index (χ1) is 12.8. The van der Waals surface area contributed by atoms with Crippen molar-refractivity contribution in [1.82, 2.24) is 0 Å². The maximum atomic E-state index is 13.5. The van der Waals surface area contributed by atoms with Crippen LogP contribution in [0, 0.1) is 5.82 Å². The first-order valence-corrected chi connectivity index (χ1v) is 8.58. The van der Waals surface area contributed by atoms with E-state index in [2.05, 4.69) is 0 Å². The van der Waals surface area contributed by atoms with Crippen molar-refractivity contribution in [3.05, 3.63) is 59.4 Å². The molecular weight excluding hydrogens is 364 g/mol. The molecular formula is C20H18F4O3. The van der Waals surface area contributed by atoms with Gasteiger partial charge >= 0.3 is 6.18 Å². The lowest BCUT2D eigenvalue weighted by molar-refractivity contribution is -0.155. The lowest BCUT2D eigenvalue weighted by Gasteiger charge is -2.22. The van der Waals surface area contributed by atoms with E-state index >= 15 is 0 Å². The summed E-state index contributed by atoms with van der Waals surface area (Å²) < 4.78 is 64.2. The summed E-state index contributed by atoms with van der Waals surface area (Å²) in [4.78, 5) is 12.3. The third-order valence-electron chi connectivity index (χ3n) is 4.34. The summed E-state index contributed by atoms with van der Waals surface area (Å²) in [6.45, 7) is 0.196. The third-order valence-corrected chi connectivity index (χ3v) is 4.34. The fourth-order valence-electron chi connectivity index (χ4n) is 2.93. The van der Waals surface area contributed by atoms with Crippen LogP contribution in [0.1, 0.15) is 35.2 Å². The van der Waals surface area contributed by atoms with Gasteiger partial charge in [0, 0.05) is 12.2 Å². The van der Waals surface area contributed by atoms with E-state index < -0.39 is 29.6 Å². The molecule has 1 heterocycles. The molecule has 1 aliphatic heterocycles. The molecule has 2 aromatic carbocycles. The van der Waals surface area contributed by atoms with Gasteiger partial charge in [0.15, 0.2) is 12.1 Å². The Bertz CT molecular complexity index is 794. The van der Waals surface area contributed by atoms with Crippen LogP contribution >= 0.6 is 0 Å². The lowest BCUT2D eigenvalue weighted by atomic mass is 9.96. The summed E-state index contributed by atoms with van der Waals surface area (Å²) in [6.07, 6.45) is -2.65. The quantitative estimate of drug-likeness (QED) is 0.524. The van der Waals surface area contributed by atoms with E-state index in [0.29, 0.717) is 13.0 Å². The zero-order valence-corrected chi connectivity index (χ0v) is 14.4. The first-order valence-electron chi connectivity index (χ1n) is 8.58. The molecule has 1 atom stereocenters. The number of hydrogen-bond donors (Lipinski definition) is 0. The molecule has 2 aromatic rings. The molecule has 27 heavy (non-hydrogen) atoms. The van der Waals surface area contributed by atoms with Gasteiger partial charge in [-0.2, -0.15) is 13.2 Å². The molecule has 0 aliphatic carbocycles. The number of carbonyl (C=O) groups excluding carboxylic acids is 1. The highest BCUT2D eigenvalue weighted by atomic mass is 19.4. The highest BCUT2D eigenvalue weighted by Crippen LogP contribution is 2.37. The smallest absolute Gasteiger partial charge is 0.353 e. The summed E-state index contributed by atoms with van der Waals surface area (Å²) >= 11 is 0. The lowest BCUT2D eigenvalue weighted by Crippen LogP contribution is -2.25. The van der Waals surface area contributed by atoms with Crippen molar-refractivity contribution in [2.75, 3.05) is 13.2 Å². The maximum Gasteiger partial charge on any atom is 0.417 e. The molecule has 1 saturated heterocycles. The Morgan fingerprint density at radius 2 is 1.85 bits per heavy atom. The largest absolute Gasteiger partial charge is 0.417 e. The van der Waals surface area contributed by atoms with Gasteiger partial charge in [-0.05, 0) is 48.6 Å². The first kappa shape index (κ1) is 19.5. The van der Waals surface area contributed by atoms with Crippen molar-refractivity contribution >= 4 is 5.78 Å². The van der Waals surface area contributed by atoms with Gasteiger partial charge in [0.2, 0.25) is 0 Å². The van der Waals surface area contributed by atoms with Gasteiger partial charge in [-0.15, -0.1) is 0 Å². The van der Waals surface area contributed by atoms with E-state index in [0.717, 1.165) is 31.0 Å². The van der Waals surface area contributed by atoms with Gasteiger partial charge in [0.05, 0.1) is 5.56 Å². The maximum absolute atomic E-state index is 13.5. The van der Waals surface area contributed by atoms with Crippen LogP contribution in [0.15, 0.2) is 42.5 Å². The van der Waals surface area contributed by atoms with Crippen molar-refractivity contribution in [3.63, 3.8) is 0 Å². The van der Waals surface area contributed by atoms with Crippen LogP contribution in [0.4, 0.5) is 17.6 Å². The monoisotopic (exact) mass is 382 g/mol. The van der Waals surface area contributed by atoms with E-state index in [1.165, 1.54) is 24.3 Å². The van der Waals surface area contributed by atoms with Crippen molar-refractivity contribution in [2.45, 2.75) is 31.7 Å². The molecule has 3 rings (SSSR count). The van der Waals surface area contributed by atoms with Crippen molar-refractivity contribution in [3.8, 4) is 11.1 Å². The molecule has 7 heteroatoms. The number of ketones is 1. The van der Waals surface area contributed by atoms with E-state index in [1.807, 2.05) is 0 Å². The Balaban J connectivity index is 1.82. The molecule has 0 radical (unpaired) electrons. The van der Waals surface area contributed by atoms with Gasteiger partial charge in [-0.25, -0.2) is 4.39 Å². The molecule has 144 valence electrons. The number of carbonyl (C=O) groups is 1. The molecule has 3 nitrogen and oxygen atoms in total. The van der Waals surface area contributed by atoms with Gasteiger partial charge in [0.1, 0.15) is 12.4 Å². The van der Waals surface area contributed by atoms with Gasteiger partial charge in [-0.3, -0.25) is 4.79 Å². The standard InChI is InChI=1S/C20H18F4O3/c21-15-7-4-13(5-8-15)16-9-6-14(11-17(16)20(22,23)24)18(25)12-27-19-3-1-2-10-26-19/h4-9,11,19H,1-3,10,12H2. The highest BCUT2D eigenvalue weighted by molar-refractivity contribution is 5.98. The van der Waals surface area contributed by atoms with Crippen LogP contribution < -0.4 is 0 Å². The van der Waals surface area contributed by atoms with E-state index in [4.69, 9.17) is 9.47 Å². The van der Waals surface area contributed by atoms with Crippen LogP contribution in [-0.2, 0) is 15.7 Å². The van der Waals surface area contributed by atoms with Crippen LogP contribution in [0.25, 0.3) is 11.1 Å². The Kier molecular flexibility index (Phi) is 5.92. The normalized spacial score (nSPS) is 17.7. The average Bonchev–Trinajstić information content (AvgIpc) is 2.66. The van der Waals surface area contributed by atoms with Crippen LogP contribution in [0.5, 0.6) is 0 Å². The van der Waals surface area contributed by atoms with E-state index in [9.17, 15) is 22.4 Å². The minimum Gasteiger partial charge on any atom is -0.353 e. The van der Waals surface area contributed by atoms with Crippen LogP contribution in [-0.4, -0.2) is 25.3 Å². The molecule has 1 fully saturated rings. The summed E-state index contributed by atoms with van der Waals surface area (Å²) in [6, 6.07) is 8.07. The second-order valence-electron chi connectivity index (χ2n) is 6.30. The summed E-state index contributed by atoms with van der Waals surface area (Å²) in [5.74, 6) is -1.10. The van der Waals surface area contributed by atoms with E-state index in [1.54, 1.807) is 0 Å². The minimum absolute atomic E-state index is 0.0935.